The summed E-state index contributed by atoms with van der Waals surface area (Å²) >= 11 is 0. The van der Waals surface area contributed by atoms with Gasteiger partial charge in [-0.15, -0.1) is 0 Å². The smallest absolute Gasteiger partial charge is 0.449 e. The molecule has 0 aromatic heterocycles. The zero-order chi connectivity index (χ0) is 10.8. The molecule has 7 heteroatoms. The lowest BCUT2D eigenvalue weighted by atomic mass is 10.2. The highest BCUT2D eigenvalue weighted by Gasteiger charge is 2.14. The first-order valence-electron chi connectivity index (χ1n) is 3.39. The van der Waals surface area contributed by atoms with Crippen molar-refractivity contribution in [3.63, 3.8) is 0 Å². The van der Waals surface area contributed by atoms with Crippen LogP contribution in [-0.4, -0.2) is 24.0 Å². The largest absolute Gasteiger partial charge is 0.508 e. The molecule has 1 aromatic rings. The molecule has 6 nitrogen and oxygen atoms in total. The van der Waals surface area contributed by atoms with Crippen LogP contribution in [0.15, 0.2) is 24.3 Å². The summed E-state index contributed by atoms with van der Waals surface area (Å²) in [5.41, 5.74) is -0.0968. The van der Waals surface area contributed by atoms with Crippen molar-refractivity contribution < 1.29 is 27.1 Å². The summed E-state index contributed by atoms with van der Waals surface area (Å²) in [6.07, 6.45) is 0. The van der Waals surface area contributed by atoms with E-state index in [-0.39, 0.29) is 11.3 Å². The molecule has 0 heterocycles. The molecular weight excluding hydrogens is 212 g/mol. The molecule has 0 atom stereocenters. The fourth-order valence-corrected chi connectivity index (χ4v) is 1.03. The van der Waals surface area contributed by atoms with E-state index < -0.39 is 16.4 Å². The number of aromatic hydroxyl groups is 1. The first kappa shape index (κ1) is 10.5. The molecule has 14 heavy (non-hydrogen) atoms. The average Bonchev–Trinajstić information content (AvgIpc) is 2.02. The summed E-state index contributed by atoms with van der Waals surface area (Å²) in [4.78, 5) is 10.9. The Labute approximate surface area is 79.7 Å². The van der Waals surface area contributed by atoms with E-state index in [4.69, 9.17) is 9.66 Å². The van der Waals surface area contributed by atoms with E-state index in [1.807, 2.05) is 0 Å². The van der Waals surface area contributed by atoms with Gasteiger partial charge in [0.1, 0.15) is 5.75 Å². The van der Waals surface area contributed by atoms with Crippen LogP contribution in [0.4, 0.5) is 0 Å². The van der Waals surface area contributed by atoms with Gasteiger partial charge < -0.3 is 9.29 Å². The Bertz CT molecular complexity index is 432. The van der Waals surface area contributed by atoms with Crippen molar-refractivity contribution in [2.45, 2.75) is 0 Å². The quantitative estimate of drug-likeness (QED) is 0.694. The third-order valence-electron chi connectivity index (χ3n) is 1.28. The lowest BCUT2D eigenvalue weighted by Gasteiger charge is -1.99. The Morgan fingerprint density at radius 1 is 1.21 bits per heavy atom. The Morgan fingerprint density at radius 3 is 2.14 bits per heavy atom. The fourth-order valence-electron chi connectivity index (χ4n) is 0.741. The molecule has 0 amide bonds. The van der Waals surface area contributed by atoms with Gasteiger partial charge in [-0.3, -0.25) is 4.55 Å². The number of hydrogen-bond acceptors (Lipinski definition) is 5. The summed E-state index contributed by atoms with van der Waals surface area (Å²) in [6, 6.07) is 4.67. The van der Waals surface area contributed by atoms with Crippen molar-refractivity contribution in [2.75, 3.05) is 0 Å². The predicted molar refractivity (Wildman–Crippen MR) is 45.1 cm³/mol. The van der Waals surface area contributed by atoms with Crippen LogP contribution < -0.4 is 0 Å². The maximum atomic E-state index is 10.9. The summed E-state index contributed by atoms with van der Waals surface area (Å²) in [6.45, 7) is 0. The molecule has 1 rings (SSSR count). The molecule has 0 aliphatic rings. The van der Waals surface area contributed by atoms with Gasteiger partial charge >= 0.3 is 16.4 Å². The maximum absolute atomic E-state index is 10.9. The number of benzene rings is 1. The first-order valence-corrected chi connectivity index (χ1v) is 4.75. The molecule has 0 radical (unpaired) electrons. The van der Waals surface area contributed by atoms with E-state index in [0.29, 0.717) is 0 Å². The molecule has 0 aliphatic heterocycles. The summed E-state index contributed by atoms with van der Waals surface area (Å²) in [5.74, 6) is -1.29. The predicted octanol–water partition coefficient (Wildman–Crippen LogP) is 0.352. The van der Waals surface area contributed by atoms with Crippen LogP contribution in [0.5, 0.6) is 5.75 Å². The Kier molecular flexibility index (Phi) is 2.73. The molecule has 0 fully saturated rings. The van der Waals surface area contributed by atoms with Gasteiger partial charge in [-0.1, -0.05) is 0 Å². The van der Waals surface area contributed by atoms with Crippen LogP contribution in [0.2, 0.25) is 0 Å². The molecule has 0 saturated carbocycles. The Balaban J connectivity index is 2.86. The van der Waals surface area contributed by atoms with Crippen molar-refractivity contribution in [1.82, 2.24) is 0 Å². The summed E-state index contributed by atoms with van der Waals surface area (Å²) in [7, 11) is -4.79. The zero-order valence-corrected chi connectivity index (χ0v) is 7.56. The third-order valence-corrected chi connectivity index (χ3v) is 1.65. The molecule has 76 valence electrons. The maximum Gasteiger partial charge on any atom is 0.449 e. The average molecular weight is 218 g/mol. The van der Waals surface area contributed by atoms with E-state index in [1.165, 1.54) is 12.1 Å². The van der Waals surface area contributed by atoms with Crippen LogP contribution in [0.3, 0.4) is 0 Å². The molecule has 0 saturated heterocycles. The highest BCUT2D eigenvalue weighted by molar-refractivity contribution is 7.81. The number of carbonyl (C=O) groups is 1. The van der Waals surface area contributed by atoms with E-state index in [0.717, 1.165) is 12.1 Å². The van der Waals surface area contributed by atoms with E-state index >= 15 is 0 Å². The Morgan fingerprint density at radius 2 is 1.71 bits per heavy atom. The minimum Gasteiger partial charge on any atom is -0.508 e. The summed E-state index contributed by atoms with van der Waals surface area (Å²) in [5, 5.41) is 8.85. The highest BCUT2D eigenvalue weighted by atomic mass is 32.3. The minimum absolute atomic E-state index is 0.0756. The normalized spacial score (nSPS) is 10.9. The van der Waals surface area contributed by atoms with E-state index in [9.17, 15) is 13.2 Å². The Hall–Kier alpha value is -1.60. The molecule has 0 aliphatic carbocycles. The second-order valence-electron chi connectivity index (χ2n) is 2.35. The number of carbonyl (C=O) groups excluding carboxylic acids is 1. The number of phenols is 1. The van der Waals surface area contributed by atoms with Crippen molar-refractivity contribution in [2.24, 2.45) is 0 Å². The minimum atomic E-state index is -4.79. The molecule has 0 bridgehead atoms. The zero-order valence-electron chi connectivity index (χ0n) is 6.75. The second-order valence-corrected chi connectivity index (χ2v) is 3.37. The van der Waals surface area contributed by atoms with E-state index in [1.54, 1.807) is 0 Å². The highest BCUT2D eigenvalue weighted by Crippen LogP contribution is 2.11. The molecular formula is C7H6O6S. The van der Waals surface area contributed by atoms with Gasteiger partial charge in [0.15, 0.2) is 0 Å². The van der Waals surface area contributed by atoms with Crippen LogP contribution in [0, 0.1) is 0 Å². The molecule has 0 unspecified atom stereocenters. The summed E-state index contributed by atoms with van der Waals surface area (Å²) < 4.78 is 32.1. The first-order chi connectivity index (χ1) is 6.38. The van der Waals surface area contributed by atoms with Gasteiger partial charge in [0.05, 0.1) is 5.56 Å². The van der Waals surface area contributed by atoms with Gasteiger partial charge in [0, 0.05) is 0 Å². The lowest BCUT2D eigenvalue weighted by Crippen LogP contribution is -2.11. The van der Waals surface area contributed by atoms with E-state index in [2.05, 4.69) is 4.18 Å². The second kappa shape index (κ2) is 3.64. The van der Waals surface area contributed by atoms with Crippen molar-refractivity contribution in [1.29, 1.82) is 0 Å². The number of rotatable bonds is 2. The third kappa shape index (κ3) is 3.04. The standard InChI is InChI=1S/C7H6O6S/c8-6-3-1-5(2-4-6)7(9)13-14(10,11)12/h1-4,8H,(H,10,11,12). The number of phenolic OH excluding ortho intramolecular Hbond substituents is 1. The lowest BCUT2D eigenvalue weighted by molar-refractivity contribution is 0.0727. The van der Waals surface area contributed by atoms with Gasteiger partial charge in [-0.2, -0.15) is 8.42 Å². The van der Waals surface area contributed by atoms with Gasteiger partial charge in [0.25, 0.3) is 0 Å². The van der Waals surface area contributed by atoms with Crippen LogP contribution >= 0.6 is 0 Å². The SMILES string of the molecule is O=C(OS(=O)(=O)O)c1ccc(O)cc1. The van der Waals surface area contributed by atoms with Crippen LogP contribution in [0.1, 0.15) is 10.4 Å². The molecule has 0 spiro atoms. The van der Waals surface area contributed by atoms with Crippen LogP contribution in [0.25, 0.3) is 0 Å². The van der Waals surface area contributed by atoms with Crippen molar-refractivity contribution in [3.8, 4) is 5.75 Å². The molecule has 2 N–H and O–H groups in total. The monoisotopic (exact) mass is 218 g/mol. The van der Waals surface area contributed by atoms with Gasteiger partial charge in [-0.25, -0.2) is 4.79 Å². The fraction of sp³-hybridized carbons (Fsp3) is 0. The van der Waals surface area contributed by atoms with Gasteiger partial charge in [0.2, 0.25) is 0 Å². The topological polar surface area (TPSA) is 101 Å². The molecule has 1 aromatic carbocycles. The van der Waals surface area contributed by atoms with Crippen molar-refractivity contribution in [3.05, 3.63) is 29.8 Å². The van der Waals surface area contributed by atoms with Crippen LogP contribution in [-0.2, 0) is 14.6 Å². The van der Waals surface area contributed by atoms with Gasteiger partial charge in [-0.05, 0) is 24.3 Å². The van der Waals surface area contributed by atoms with Crippen molar-refractivity contribution >= 4 is 16.4 Å². The number of hydrogen-bond donors (Lipinski definition) is 2.